The number of para-hydroxylation sites is 1. The largest absolute Gasteiger partial charge is 0.355 e. The number of nitrogens with zero attached hydrogens (tertiary/aromatic N) is 2. The summed E-state index contributed by atoms with van der Waals surface area (Å²) in [6, 6.07) is 9.51. The monoisotopic (exact) mass is 289 g/mol. The fourth-order valence-electron chi connectivity index (χ4n) is 2.41. The Balaban J connectivity index is 1.86. The molecule has 5 heteroatoms. The van der Waals surface area contributed by atoms with E-state index in [1.165, 1.54) is 0 Å². The van der Waals surface area contributed by atoms with Crippen molar-refractivity contribution in [2.24, 2.45) is 5.92 Å². The van der Waals surface area contributed by atoms with Gasteiger partial charge in [0.05, 0.1) is 5.92 Å². The molecule has 0 radical (unpaired) electrons. The number of hydrogen-bond acceptors (Lipinski definition) is 3. The van der Waals surface area contributed by atoms with Crippen molar-refractivity contribution >= 4 is 17.5 Å². The van der Waals surface area contributed by atoms with Gasteiger partial charge >= 0.3 is 0 Å². The summed E-state index contributed by atoms with van der Waals surface area (Å²) in [6.07, 6.45) is 0.296. The van der Waals surface area contributed by atoms with E-state index in [9.17, 15) is 9.59 Å². The van der Waals surface area contributed by atoms with Gasteiger partial charge in [-0.2, -0.15) is 0 Å². The van der Waals surface area contributed by atoms with Crippen molar-refractivity contribution in [1.82, 2.24) is 10.2 Å². The van der Waals surface area contributed by atoms with Gasteiger partial charge in [0.25, 0.3) is 0 Å². The molecule has 1 fully saturated rings. The van der Waals surface area contributed by atoms with E-state index in [2.05, 4.69) is 17.1 Å². The number of anilines is 1. The van der Waals surface area contributed by atoms with Gasteiger partial charge in [0, 0.05) is 31.7 Å². The highest BCUT2D eigenvalue weighted by atomic mass is 16.2. The third-order valence-electron chi connectivity index (χ3n) is 3.90. The third kappa shape index (κ3) is 4.04. The number of carbonyl (C=O) groups excluding carboxylic acids is 2. The van der Waals surface area contributed by atoms with Crippen LogP contribution in [-0.4, -0.2) is 49.9 Å². The van der Waals surface area contributed by atoms with Crippen molar-refractivity contribution in [3.8, 4) is 0 Å². The molecule has 0 unspecified atom stereocenters. The Morgan fingerprint density at radius 1 is 1.38 bits per heavy atom. The molecule has 1 heterocycles. The molecule has 5 nitrogen and oxygen atoms in total. The molecule has 1 aromatic rings. The molecular formula is C16H23N3O2. The van der Waals surface area contributed by atoms with E-state index in [4.69, 9.17) is 0 Å². The summed E-state index contributed by atoms with van der Waals surface area (Å²) in [5, 5.41) is 2.92. The van der Waals surface area contributed by atoms with Crippen LogP contribution in [0.3, 0.4) is 0 Å². The molecule has 0 saturated carbocycles. The van der Waals surface area contributed by atoms with Crippen LogP contribution in [-0.2, 0) is 9.59 Å². The van der Waals surface area contributed by atoms with Crippen molar-refractivity contribution in [3.05, 3.63) is 30.3 Å². The van der Waals surface area contributed by atoms with Gasteiger partial charge in [-0.15, -0.1) is 0 Å². The zero-order valence-electron chi connectivity index (χ0n) is 12.7. The van der Waals surface area contributed by atoms with Gasteiger partial charge in [-0.25, -0.2) is 0 Å². The van der Waals surface area contributed by atoms with E-state index in [1.54, 1.807) is 4.90 Å². The first-order valence-corrected chi connectivity index (χ1v) is 7.43. The van der Waals surface area contributed by atoms with E-state index in [0.717, 1.165) is 18.8 Å². The van der Waals surface area contributed by atoms with Gasteiger partial charge in [-0.1, -0.05) is 25.1 Å². The highest BCUT2D eigenvalue weighted by molar-refractivity contribution is 6.00. The Labute approximate surface area is 125 Å². The maximum absolute atomic E-state index is 12.1. The quantitative estimate of drug-likeness (QED) is 0.853. The molecule has 1 aromatic carbocycles. The summed E-state index contributed by atoms with van der Waals surface area (Å²) >= 11 is 0. The van der Waals surface area contributed by atoms with Crippen molar-refractivity contribution in [1.29, 1.82) is 0 Å². The zero-order valence-corrected chi connectivity index (χ0v) is 12.7. The number of nitrogens with one attached hydrogen (secondary N) is 1. The Morgan fingerprint density at radius 2 is 2.10 bits per heavy atom. The number of hydrogen-bond donors (Lipinski definition) is 1. The molecule has 2 rings (SSSR count). The van der Waals surface area contributed by atoms with E-state index < -0.39 is 0 Å². The van der Waals surface area contributed by atoms with Crippen LogP contribution in [0.2, 0.25) is 0 Å². The summed E-state index contributed by atoms with van der Waals surface area (Å²) in [6.45, 7) is 4.96. The maximum Gasteiger partial charge on any atom is 0.227 e. The predicted octanol–water partition coefficient (Wildman–Crippen LogP) is 1.11. The highest BCUT2D eigenvalue weighted by Crippen LogP contribution is 2.24. The summed E-state index contributed by atoms with van der Waals surface area (Å²) < 4.78 is 0. The molecule has 0 spiro atoms. The first-order valence-electron chi connectivity index (χ1n) is 7.43. The normalized spacial score (nSPS) is 18.3. The third-order valence-corrected chi connectivity index (χ3v) is 3.90. The van der Waals surface area contributed by atoms with Crippen molar-refractivity contribution < 1.29 is 9.59 Å². The van der Waals surface area contributed by atoms with Gasteiger partial charge < -0.3 is 15.1 Å². The number of rotatable bonds is 6. The van der Waals surface area contributed by atoms with Crippen LogP contribution < -0.4 is 10.2 Å². The topological polar surface area (TPSA) is 52.7 Å². The lowest BCUT2D eigenvalue weighted by Gasteiger charge is -2.17. The first-order chi connectivity index (χ1) is 10.1. The van der Waals surface area contributed by atoms with Crippen LogP contribution in [0.15, 0.2) is 30.3 Å². The van der Waals surface area contributed by atoms with E-state index in [-0.39, 0.29) is 17.7 Å². The number of amides is 2. The average molecular weight is 289 g/mol. The van der Waals surface area contributed by atoms with Crippen LogP contribution in [0.25, 0.3) is 0 Å². The second kappa shape index (κ2) is 7.22. The molecule has 114 valence electrons. The second-order valence-corrected chi connectivity index (χ2v) is 5.43. The van der Waals surface area contributed by atoms with Crippen LogP contribution in [0, 0.1) is 5.92 Å². The van der Waals surface area contributed by atoms with Crippen LogP contribution in [0.5, 0.6) is 0 Å². The van der Waals surface area contributed by atoms with Crippen LogP contribution in [0.1, 0.15) is 13.3 Å². The Bertz CT molecular complexity index is 490. The molecule has 1 saturated heterocycles. The van der Waals surface area contributed by atoms with Crippen molar-refractivity contribution in [2.75, 3.05) is 38.1 Å². The molecule has 2 amide bonds. The summed E-state index contributed by atoms with van der Waals surface area (Å²) in [5.41, 5.74) is 0.864. The molecule has 21 heavy (non-hydrogen) atoms. The Hall–Kier alpha value is -1.88. The highest BCUT2D eigenvalue weighted by Gasteiger charge is 2.34. The van der Waals surface area contributed by atoms with Crippen LogP contribution in [0.4, 0.5) is 5.69 Å². The molecule has 0 aromatic heterocycles. The minimum absolute atomic E-state index is 0.0204. The lowest BCUT2D eigenvalue weighted by Crippen LogP contribution is -2.37. The predicted molar refractivity (Wildman–Crippen MR) is 83.1 cm³/mol. The smallest absolute Gasteiger partial charge is 0.227 e. The van der Waals surface area contributed by atoms with Crippen molar-refractivity contribution in [2.45, 2.75) is 13.3 Å². The lowest BCUT2D eigenvalue weighted by molar-refractivity contribution is -0.126. The van der Waals surface area contributed by atoms with Crippen molar-refractivity contribution in [3.63, 3.8) is 0 Å². The molecule has 1 N–H and O–H groups in total. The Morgan fingerprint density at radius 3 is 2.76 bits per heavy atom. The number of carbonyl (C=O) groups is 2. The number of likely N-dealkylation sites (N-methyl/N-ethyl adjacent to an activating group) is 1. The minimum atomic E-state index is -0.246. The Kier molecular flexibility index (Phi) is 5.33. The fourth-order valence-corrected chi connectivity index (χ4v) is 2.41. The van der Waals surface area contributed by atoms with Gasteiger partial charge in [0.15, 0.2) is 0 Å². The fraction of sp³-hybridized carbons (Fsp3) is 0.500. The van der Waals surface area contributed by atoms with Gasteiger partial charge in [-0.3, -0.25) is 9.59 Å². The molecule has 1 atom stereocenters. The molecule has 0 aliphatic carbocycles. The van der Waals surface area contributed by atoms with Gasteiger partial charge in [0.2, 0.25) is 11.8 Å². The number of benzene rings is 1. The second-order valence-electron chi connectivity index (χ2n) is 5.43. The summed E-state index contributed by atoms with van der Waals surface area (Å²) in [7, 11) is 2.02. The molecule has 1 aliphatic heterocycles. The van der Waals surface area contributed by atoms with E-state index >= 15 is 0 Å². The molecule has 1 aliphatic rings. The van der Waals surface area contributed by atoms with E-state index in [1.807, 2.05) is 37.4 Å². The van der Waals surface area contributed by atoms with Gasteiger partial charge in [0.1, 0.15) is 0 Å². The molecular weight excluding hydrogens is 266 g/mol. The summed E-state index contributed by atoms with van der Waals surface area (Å²) in [4.78, 5) is 28.0. The maximum atomic E-state index is 12.1. The first kappa shape index (κ1) is 15.5. The standard InChI is InChI=1S/C16H23N3O2/c1-3-18(2)10-9-17-16(21)13-11-15(20)19(12-13)14-7-5-4-6-8-14/h4-8,13H,3,9-12H2,1-2H3,(H,17,21)/t13-/m0/s1. The van der Waals surface area contributed by atoms with E-state index in [0.29, 0.717) is 19.5 Å². The lowest BCUT2D eigenvalue weighted by atomic mass is 10.1. The average Bonchev–Trinajstić information content (AvgIpc) is 2.90. The molecule has 0 bridgehead atoms. The summed E-state index contributed by atoms with van der Waals surface area (Å²) in [5.74, 6) is -0.247. The minimum Gasteiger partial charge on any atom is -0.355 e. The zero-order chi connectivity index (χ0) is 15.2. The van der Waals surface area contributed by atoms with Gasteiger partial charge in [-0.05, 0) is 25.7 Å². The van der Waals surface area contributed by atoms with Crippen LogP contribution >= 0.6 is 0 Å². The SMILES string of the molecule is CCN(C)CCNC(=O)[C@H]1CC(=O)N(c2ccccc2)C1.